The average molecular weight is 396 g/mol. The summed E-state index contributed by atoms with van der Waals surface area (Å²) in [6, 6.07) is 14.6. The van der Waals surface area contributed by atoms with Crippen LogP contribution in [0.25, 0.3) is 11.1 Å². The minimum atomic E-state index is -1.12. The summed E-state index contributed by atoms with van der Waals surface area (Å²) < 4.78 is 5.44. The van der Waals surface area contributed by atoms with Gasteiger partial charge >= 0.3 is 12.1 Å². The minimum Gasteiger partial charge on any atom is -0.480 e. The smallest absolute Gasteiger partial charge is 0.407 e. The van der Waals surface area contributed by atoms with Crippen LogP contribution in [0.3, 0.4) is 0 Å². The summed E-state index contributed by atoms with van der Waals surface area (Å²) in [4.78, 5) is 34.8. The van der Waals surface area contributed by atoms with Crippen molar-refractivity contribution < 1.29 is 24.2 Å². The molecule has 29 heavy (non-hydrogen) atoms. The number of carbonyl (C=O) groups is 3. The second-order valence-electron chi connectivity index (χ2n) is 7.20. The lowest BCUT2D eigenvalue weighted by Gasteiger charge is -2.17. The fraction of sp³-hybridized carbons (Fsp3) is 0.318. The number of carboxylic acids is 1. The lowest BCUT2D eigenvalue weighted by Crippen LogP contribution is -2.42. The molecular formula is C22H24N2O5. The number of fused-ring (bicyclic) bond motifs is 3. The summed E-state index contributed by atoms with van der Waals surface area (Å²) in [5, 5.41) is 13.8. The Kier molecular flexibility index (Phi) is 6.16. The maximum absolute atomic E-state index is 12.2. The van der Waals surface area contributed by atoms with Gasteiger partial charge in [0, 0.05) is 18.4 Å². The Morgan fingerprint density at radius 3 is 2.07 bits per heavy atom. The van der Waals surface area contributed by atoms with Crippen LogP contribution >= 0.6 is 0 Å². The first-order valence-electron chi connectivity index (χ1n) is 9.50. The van der Waals surface area contributed by atoms with Gasteiger partial charge < -0.3 is 20.5 Å². The average Bonchev–Trinajstić information content (AvgIpc) is 3.00. The standard InChI is InChI=1S/C22H24N2O5/c1-13(11-20(25)24-14(2)21(26)27)23-22(28)29-12-19-17-9-5-3-7-15(17)16-8-4-6-10-18(16)19/h3-10,13-14,19H,11-12H2,1-2H3,(H,23,28)(H,24,25)(H,26,27)/t13-,14?/m0/s1. The number of alkyl carbamates (subject to hydrolysis) is 1. The molecule has 2 atom stereocenters. The second-order valence-corrected chi connectivity index (χ2v) is 7.20. The van der Waals surface area contributed by atoms with Gasteiger partial charge in [-0.05, 0) is 36.1 Å². The van der Waals surface area contributed by atoms with Crippen LogP contribution in [0.1, 0.15) is 37.3 Å². The lowest BCUT2D eigenvalue weighted by atomic mass is 9.98. The van der Waals surface area contributed by atoms with E-state index in [0.29, 0.717) is 0 Å². The SMILES string of the molecule is CC(NC(=O)C[C@H](C)NC(=O)OCC1c2ccccc2-c2ccccc21)C(=O)O. The van der Waals surface area contributed by atoms with Crippen LogP contribution < -0.4 is 10.6 Å². The van der Waals surface area contributed by atoms with Crippen LogP contribution in [0.15, 0.2) is 48.5 Å². The highest BCUT2D eigenvalue weighted by Gasteiger charge is 2.29. The van der Waals surface area contributed by atoms with Crippen molar-refractivity contribution in [3.63, 3.8) is 0 Å². The fourth-order valence-electron chi connectivity index (χ4n) is 3.53. The van der Waals surface area contributed by atoms with Gasteiger partial charge in [0.15, 0.2) is 0 Å². The predicted octanol–water partition coefficient (Wildman–Crippen LogP) is 2.89. The molecule has 1 aliphatic rings. The first-order valence-corrected chi connectivity index (χ1v) is 9.50. The molecule has 2 amide bonds. The highest BCUT2D eigenvalue weighted by atomic mass is 16.5. The molecule has 2 aromatic carbocycles. The molecule has 0 spiro atoms. The predicted molar refractivity (Wildman–Crippen MR) is 108 cm³/mol. The Morgan fingerprint density at radius 2 is 1.52 bits per heavy atom. The van der Waals surface area contributed by atoms with Gasteiger partial charge in [0.05, 0.1) is 0 Å². The Morgan fingerprint density at radius 1 is 0.966 bits per heavy atom. The number of carboxylic acid groups (broad SMARTS) is 1. The molecule has 0 saturated carbocycles. The number of rotatable bonds is 7. The third-order valence-electron chi connectivity index (χ3n) is 4.95. The zero-order valence-corrected chi connectivity index (χ0v) is 16.3. The topological polar surface area (TPSA) is 105 Å². The van der Waals surface area contributed by atoms with Crippen molar-refractivity contribution in [2.75, 3.05) is 6.61 Å². The Bertz CT molecular complexity index is 881. The molecule has 7 heteroatoms. The molecule has 1 unspecified atom stereocenters. The van der Waals surface area contributed by atoms with Gasteiger partial charge in [0.1, 0.15) is 12.6 Å². The molecule has 3 N–H and O–H groups in total. The summed E-state index contributed by atoms with van der Waals surface area (Å²) in [5.74, 6) is -1.61. The van der Waals surface area contributed by atoms with Gasteiger partial charge in [0.2, 0.25) is 5.91 Å². The van der Waals surface area contributed by atoms with Crippen molar-refractivity contribution in [2.24, 2.45) is 0 Å². The van der Waals surface area contributed by atoms with Gasteiger partial charge in [-0.25, -0.2) is 4.79 Å². The van der Waals surface area contributed by atoms with E-state index in [9.17, 15) is 14.4 Å². The van der Waals surface area contributed by atoms with E-state index in [1.54, 1.807) is 6.92 Å². The monoisotopic (exact) mass is 396 g/mol. The Hall–Kier alpha value is -3.35. The van der Waals surface area contributed by atoms with Crippen LogP contribution in [0, 0.1) is 0 Å². The van der Waals surface area contributed by atoms with Crippen LogP contribution in [-0.4, -0.2) is 41.8 Å². The number of hydrogen-bond acceptors (Lipinski definition) is 4. The van der Waals surface area contributed by atoms with Gasteiger partial charge in [-0.2, -0.15) is 0 Å². The van der Waals surface area contributed by atoms with E-state index in [4.69, 9.17) is 9.84 Å². The zero-order chi connectivity index (χ0) is 21.0. The Balaban J connectivity index is 1.55. The van der Waals surface area contributed by atoms with E-state index >= 15 is 0 Å². The molecule has 0 radical (unpaired) electrons. The van der Waals surface area contributed by atoms with Crippen LogP contribution in [0.5, 0.6) is 0 Å². The summed E-state index contributed by atoms with van der Waals surface area (Å²) in [5.41, 5.74) is 4.54. The van der Waals surface area contributed by atoms with E-state index in [1.165, 1.54) is 6.92 Å². The molecule has 2 aromatic rings. The highest BCUT2D eigenvalue weighted by molar-refractivity contribution is 5.84. The molecule has 0 saturated heterocycles. The molecular weight excluding hydrogens is 372 g/mol. The third-order valence-corrected chi connectivity index (χ3v) is 4.95. The quantitative estimate of drug-likeness (QED) is 0.667. The van der Waals surface area contributed by atoms with Crippen molar-refractivity contribution in [1.29, 1.82) is 0 Å². The van der Waals surface area contributed by atoms with Crippen molar-refractivity contribution in [3.05, 3.63) is 59.7 Å². The van der Waals surface area contributed by atoms with E-state index in [2.05, 4.69) is 22.8 Å². The molecule has 152 valence electrons. The van der Waals surface area contributed by atoms with Crippen LogP contribution in [0.2, 0.25) is 0 Å². The minimum absolute atomic E-state index is 0.0387. The van der Waals surface area contributed by atoms with E-state index in [1.807, 2.05) is 36.4 Å². The number of aliphatic carboxylic acids is 1. The van der Waals surface area contributed by atoms with Crippen molar-refractivity contribution in [1.82, 2.24) is 10.6 Å². The maximum Gasteiger partial charge on any atom is 0.407 e. The number of carbonyl (C=O) groups excluding carboxylic acids is 2. The van der Waals surface area contributed by atoms with Gasteiger partial charge in [-0.3, -0.25) is 9.59 Å². The fourth-order valence-corrected chi connectivity index (χ4v) is 3.53. The zero-order valence-electron chi connectivity index (χ0n) is 16.3. The number of amides is 2. The summed E-state index contributed by atoms with van der Waals surface area (Å²) >= 11 is 0. The maximum atomic E-state index is 12.2. The number of benzene rings is 2. The van der Waals surface area contributed by atoms with Gasteiger partial charge in [0.25, 0.3) is 0 Å². The van der Waals surface area contributed by atoms with E-state index < -0.39 is 30.1 Å². The summed E-state index contributed by atoms with van der Waals surface area (Å²) in [6.07, 6.45) is -0.652. The molecule has 0 aromatic heterocycles. The lowest BCUT2D eigenvalue weighted by molar-refractivity contribution is -0.141. The normalized spacial score (nSPS) is 14.3. The van der Waals surface area contributed by atoms with Gasteiger partial charge in [-0.15, -0.1) is 0 Å². The molecule has 0 aliphatic heterocycles. The third kappa shape index (κ3) is 4.74. The van der Waals surface area contributed by atoms with Crippen molar-refractivity contribution in [2.45, 2.75) is 38.3 Å². The molecule has 0 fully saturated rings. The van der Waals surface area contributed by atoms with Crippen LogP contribution in [0.4, 0.5) is 4.79 Å². The van der Waals surface area contributed by atoms with Crippen molar-refractivity contribution in [3.8, 4) is 11.1 Å². The van der Waals surface area contributed by atoms with Gasteiger partial charge in [-0.1, -0.05) is 48.5 Å². The van der Waals surface area contributed by atoms with Crippen molar-refractivity contribution >= 4 is 18.0 Å². The Labute approximate surface area is 169 Å². The largest absolute Gasteiger partial charge is 0.480 e. The molecule has 0 heterocycles. The first kappa shape index (κ1) is 20.4. The van der Waals surface area contributed by atoms with Crippen LogP contribution in [-0.2, 0) is 14.3 Å². The molecule has 3 rings (SSSR count). The van der Waals surface area contributed by atoms with E-state index in [0.717, 1.165) is 22.3 Å². The number of ether oxygens (including phenoxy) is 1. The second kappa shape index (κ2) is 8.77. The highest BCUT2D eigenvalue weighted by Crippen LogP contribution is 2.44. The molecule has 7 nitrogen and oxygen atoms in total. The molecule has 1 aliphatic carbocycles. The summed E-state index contributed by atoms with van der Waals surface area (Å²) in [7, 11) is 0. The van der Waals surface area contributed by atoms with E-state index in [-0.39, 0.29) is 18.9 Å². The number of hydrogen-bond donors (Lipinski definition) is 3. The number of nitrogens with one attached hydrogen (secondary N) is 2. The molecule has 0 bridgehead atoms. The summed E-state index contributed by atoms with van der Waals surface area (Å²) in [6.45, 7) is 3.23. The first-order chi connectivity index (χ1) is 13.9.